The normalized spacial score (nSPS) is 14.9. The molecular weight excluding hydrogens is 200 g/mol. The van der Waals surface area contributed by atoms with Gasteiger partial charge in [-0.15, -0.1) is 0 Å². The Hall–Kier alpha value is -1.08. The molecule has 0 fully saturated rings. The minimum absolute atomic E-state index is 0.135. The maximum Gasteiger partial charge on any atom is 0.109 e. The van der Waals surface area contributed by atoms with E-state index in [2.05, 4.69) is 9.97 Å². The number of aliphatic hydroxyl groups is 3. The first-order chi connectivity index (χ1) is 7.27. The summed E-state index contributed by atoms with van der Waals surface area (Å²) in [7, 11) is 0. The summed E-state index contributed by atoms with van der Waals surface area (Å²) < 4.78 is 5.17. The van der Waals surface area contributed by atoms with E-state index in [1.807, 2.05) is 0 Å². The molecule has 6 heteroatoms. The molecule has 1 aromatic rings. The van der Waals surface area contributed by atoms with Crippen LogP contribution in [0, 0.1) is 0 Å². The third-order valence-corrected chi connectivity index (χ3v) is 1.86. The third-order valence-electron chi connectivity index (χ3n) is 1.86. The molecule has 0 aliphatic heterocycles. The summed E-state index contributed by atoms with van der Waals surface area (Å²) in [5.74, 6) is 0. The second kappa shape index (κ2) is 6.41. The highest BCUT2D eigenvalue weighted by atomic mass is 16.5. The number of aliphatic hydroxyl groups excluding tert-OH is 3. The van der Waals surface area contributed by atoms with Crippen LogP contribution in [0.15, 0.2) is 18.6 Å². The molecule has 15 heavy (non-hydrogen) atoms. The molecule has 0 bridgehead atoms. The second-order valence-electron chi connectivity index (χ2n) is 2.98. The maximum absolute atomic E-state index is 9.22. The molecule has 2 atom stereocenters. The lowest BCUT2D eigenvalue weighted by Crippen LogP contribution is -2.35. The van der Waals surface area contributed by atoms with Gasteiger partial charge in [0.15, 0.2) is 0 Å². The summed E-state index contributed by atoms with van der Waals surface area (Å²) in [6.07, 6.45) is 2.69. The van der Waals surface area contributed by atoms with Crippen molar-refractivity contribution in [3.8, 4) is 0 Å². The van der Waals surface area contributed by atoms with Crippen molar-refractivity contribution in [2.24, 2.45) is 0 Å². The van der Waals surface area contributed by atoms with Crippen molar-refractivity contribution in [3.63, 3.8) is 0 Å². The molecule has 0 saturated carbocycles. The molecule has 0 aliphatic carbocycles. The van der Waals surface area contributed by atoms with Crippen molar-refractivity contribution < 1.29 is 20.1 Å². The van der Waals surface area contributed by atoms with Crippen LogP contribution in [0.1, 0.15) is 5.69 Å². The lowest BCUT2D eigenvalue weighted by Gasteiger charge is -2.19. The second-order valence-corrected chi connectivity index (χ2v) is 2.98. The molecule has 1 heterocycles. The molecule has 0 radical (unpaired) electrons. The highest BCUT2D eigenvalue weighted by Crippen LogP contribution is 2.02. The zero-order chi connectivity index (χ0) is 11.1. The first kappa shape index (κ1) is 12.0. The van der Waals surface area contributed by atoms with Crippen LogP contribution in [0.2, 0.25) is 0 Å². The molecular formula is C9H14N2O4. The summed E-state index contributed by atoms with van der Waals surface area (Å²) in [6.45, 7) is -0.677. The molecule has 1 rings (SSSR count). The lowest BCUT2D eigenvalue weighted by molar-refractivity contribution is -0.0868. The van der Waals surface area contributed by atoms with Crippen molar-refractivity contribution in [2.75, 3.05) is 13.2 Å². The number of hydrogen-bond donors (Lipinski definition) is 3. The Kier molecular flexibility index (Phi) is 5.13. The van der Waals surface area contributed by atoms with E-state index >= 15 is 0 Å². The Morgan fingerprint density at radius 3 is 2.60 bits per heavy atom. The van der Waals surface area contributed by atoms with Crippen molar-refractivity contribution in [3.05, 3.63) is 24.3 Å². The maximum atomic E-state index is 9.22. The van der Waals surface area contributed by atoms with E-state index < -0.39 is 18.8 Å². The van der Waals surface area contributed by atoms with Crippen LogP contribution >= 0.6 is 0 Å². The van der Waals surface area contributed by atoms with Gasteiger partial charge in [-0.3, -0.25) is 9.97 Å². The number of aromatic nitrogens is 2. The predicted octanol–water partition coefficient (Wildman–Crippen LogP) is -1.29. The van der Waals surface area contributed by atoms with Crippen LogP contribution in [0.3, 0.4) is 0 Å². The Morgan fingerprint density at radius 1 is 1.27 bits per heavy atom. The van der Waals surface area contributed by atoms with Crippen molar-refractivity contribution in [1.82, 2.24) is 9.97 Å². The Balaban J connectivity index is 2.41. The van der Waals surface area contributed by atoms with Gasteiger partial charge in [0.1, 0.15) is 12.2 Å². The largest absolute Gasteiger partial charge is 0.394 e. The zero-order valence-corrected chi connectivity index (χ0v) is 8.15. The lowest BCUT2D eigenvalue weighted by atomic mass is 10.2. The summed E-state index contributed by atoms with van der Waals surface area (Å²) in [5.41, 5.74) is 0.598. The molecule has 0 amide bonds. The summed E-state index contributed by atoms with van der Waals surface area (Å²) >= 11 is 0. The van der Waals surface area contributed by atoms with E-state index in [-0.39, 0.29) is 13.2 Å². The molecule has 0 aliphatic rings. The first-order valence-corrected chi connectivity index (χ1v) is 4.54. The van der Waals surface area contributed by atoms with Gasteiger partial charge in [0.2, 0.25) is 0 Å². The Morgan fingerprint density at radius 2 is 2.07 bits per heavy atom. The highest BCUT2D eigenvalue weighted by molar-refractivity contribution is 4.92. The van der Waals surface area contributed by atoms with Crippen LogP contribution in [0.25, 0.3) is 0 Å². The fourth-order valence-electron chi connectivity index (χ4n) is 1.000. The minimum atomic E-state index is -1.09. The van der Waals surface area contributed by atoms with E-state index in [0.29, 0.717) is 5.69 Å². The van der Waals surface area contributed by atoms with Crippen molar-refractivity contribution >= 4 is 0 Å². The number of nitrogens with zero attached hydrogens (tertiary/aromatic N) is 2. The van der Waals surface area contributed by atoms with Gasteiger partial charge in [0.25, 0.3) is 0 Å². The summed E-state index contributed by atoms with van der Waals surface area (Å²) in [5, 5.41) is 26.8. The number of ether oxygens (including phenoxy) is 1. The van der Waals surface area contributed by atoms with E-state index in [0.717, 1.165) is 0 Å². The standard InChI is InChI=1S/C9H14N2O4/c12-4-8(14)9(5-13)15-6-7-3-10-1-2-11-7/h1-3,8-9,12-14H,4-6H2. The Labute approximate surface area is 87.2 Å². The molecule has 0 spiro atoms. The van der Waals surface area contributed by atoms with Crippen LogP contribution in [-0.4, -0.2) is 50.7 Å². The van der Waals surface area contributed by atoms with E-state index in [1.165, 1.54) is 18.6 Å². The molecule has 6 nitrogen and oxygen atoms in total. The smallest absolute Gasteiger partial charge is 0.109 e. The third kappa shape index (κ3) is 3.88. The van der Waals surface area contributed by atoms with Gasteiger partial charge in [-0.05, 0) is 0 Å². The predicted molar refractivity (Wildman–Crippen MR) is 50.8 cm³/mol. The van der Waals surface area contributed by atoms with Gasteiger partial charge in [0.05, 0.1) is 31.7 Å². The average molecular weight is 214 g/mol. The quantitative estimate of drug-likeness (QED) is 0.545. The van der Waals surface area contributed by atoms with Gasteiger partial charge in [-0.1, -0.05) is 0 Å². The molecule has 0 saturated heterocycles. The van der Waals surface area contributed by atoms with Crippen molar-refractivity contribution in [2.45, 2.75) is 18.8 Å². The highest BCUT2D eigenvalue weighted by Gasteiger charge is 2.18. The van der Waals surface area contributed by atoms with Gasteiger partial charge in [0, 0.05) is 12.4 Å². The monoisotopic (exact) mass is 214 g/mol. The topological polar surface area (TPSA) is 95.7 Å². The van der Waals surface area contributed by atoms with Gasteiger partial charge >= 0.3 is 0 Å². The van der Waals surface area contributed by atoms with E-state index in [1.54, 1.807) is 0 Å². The molecule has 0 aromatic carbocycles. The fourth-order valence-corrected chi connectivity index (χ4v) is 1.000. The molecule has 2 unspecified atom stereocenters. The van der Waals surface area contributed by atoms with Crippen LogP contribution in [0.4, 0.5) is 0 Å². The van der Waals surface area contributed by atoms with E-state index in [4.69, 9.17) is 14.9 Å². The van der Waals surface area contributed by atoms with Gasteiger partial charge < -0.3 is 20.1 Å². The number of rotatable bonds is 6. The zero-order valence-electron chi connectivity index (χ0n) is 8.15. The minimum Gasteiger partial charge on any atom is -0.394 e. The Bertz CT molecular complexity index is 270. The van der Waals surface area contributed by atoms with Crippen molar-refractivity contribution in [1.29, 1.82) is 0 Å². The average Bonchev–Trinajstić information content (AvgIpc) is 2.31. The van der Waals surface area contributed by atoms with Crippen LogP contribution in [0.5, 0.6) is 0 Å². The summed E-state index contributed by atoms with van der Waals surface area (Å²) in [6, 6.07) is 0. The SMILES string of the molecule is OCC(O)C(CO)OCc1cnccn1. The van der Waals surface area contributed by atoms with Gasteiger partial charge in [-0.25, -0.2) is 0 Å². The fraction of sp³-hybridized carbons (Fsp3) is 0.556. The summed E-state index contributed by atoms with van der Waals surface area (Å²) in [4.78, 5) is 7.79. The van der Waals surface area contributed by atoms with E-state index in [9.17, 15) is 5.11 Å². The molecule has 84 valence electrons. The molecule has 1 aromatic heterocycles. The first-order valence-electron chi connectivity index (χ1n) is 4.54. The number of hydrogen-bond acceptors (Lipinski definition) is 6. The van der Waals surface area contributed by atoms with Crippen LogP contribution in [-0.2, 0) is 11.3 Å². The van der Waals surface area contributed by atoms with Gasteiger partial charge in [-0.2, -0.15) is 0 Å². The molecule has 3 N–H and O–H groups in total. The van der Waals surface area contributed by atoms with Crippen LogP contribution < -0.4 is 0 Å².